The molecule has 1 saturated carbocycles. The second-order valence-electron chi connectivity index (χ2n) is 9.30. The van der Waals surface area contributed by atoms with E-state index in [2.05, 4.69) is 66.5 Å². The number of anilines is 1. The molecule has 5 rings (SSSR count). The van der Waals surface area contributed by atoms with Crippen LogP contribution in [-0.4, -0.2) is 29.8 Å². The number of piperidine rings is 1. The zero-order chi connectivity index (χ0) is 19.3. The van der Waals surface area contributed by atoms with Crippen LogP contribution in [0.15, 0.2) is 48.5 Å². The Morgan fingerprint density at radius 1 is 1.14 bits per heavy atom. The quantitative estimate of drug-likeness (QED) is 0.810. The summed E-state index contributed by atoms with van der Waals surface area (Å²) in [6.07, 6.45) is 3.83. The molecule has 2 aromatic rings. The molecule has 3 aliphatic rings. The second kappa shape index (κ2) is 6.73. The van der Waals surface area contributed by atoms with Gasteiger partial charge in [-0.25, -0.2) is 0 Å². The van der Waals surface area contributed by atoms with Crippen molar-refractivity contribution in [1.82, 2.24) is 4.90 Å². The Hall–Kier alpha value is -2.13. The van der Waals surface area contributed by atoms with E-state index in [1.165, 1.54) is 24.0 Å². The van der Waals surface area contributed by atoms with E-state index in [-0.39, 0.29) is 11.5 Å². The van der Waals surface area contributed by atoms with E-state index in [0.29, 0.717) is 11.7 Å². The van der Waals surface area contributed by atoms with Gasteiger partial charge in [-0.15, -0.1) is 0 Å². The van der Waals surface area contributed by atoms with Crippen molar-refractivity contribution in [2.24, 2.45) is 11.8 Å². The summed E-state index contributed by atoms with van der Waals surface area (Å²) in [4.78, 5) is 15.9. The van der Waals surface area contributed by atoms with Gasteiger partial charge < -0.3 is 5.32 Å². The molecule has 3 atom stereocenters. The average molecular weight is 375 g/mol. The van der Waals surface area contributed by atoms with E-state index in [4.69, 9.17) is 0 Å². The fraction of sp³-hybridized carbons (Fsp3) is 0.480. The Bertz CT molecular complexity index is 889. The smallest absolute Gasteiger partial charge is 0.180 e. The summed E-state index contributed by atoms with van der Waals surface area (Å²) in [5, 5.41) is 3.55. The van der Waals surface area contributed by atoms with Crippen molar-refractivity contribution in [1.29, 1.82) is 0 Å². The molecule has 2 fully saturated rings. The molecule has 2 bridgehead atoms. The first-order valence-corrected chi connectivity index (χ1v) is 10.8. The van der Waals surface area contributed by atoms with E-state index in [1.54, 1.807) is 0 Å². The Balaban J connectivity index is 1.43. The van der Waals surface area contributed by atoms with Crippen LogP contribution in [0.3, 0.4) is 0 Å². The highest BCUT2D eigenvalue weighted by molar-refractivity contribution is 6.04. The minimum absolute atomic E-state index is 0.0648. The largest absolute Gasteiger partial charge is 0.381 e. The van der Waals surface area contributed by atoms with Crippen LogP contribution in [0.5, 0.6) is 0 Å². The van der Waals surface area contributed by atoms with Gasteiger partial charge in [0.15, 0.2) is 5.78 Å². The molecule has 0 amide bonds. The average Bonchev–Trinajstić information content (AvgIpc) is 3.53. The van der Waals surface area contributed by atoms with Crippen molar-refractivity contribution in [3.8, 4) is 0 Å². The summed E-state index contributed by atoms with van der Waals surface area (Å²) < 4.78 is 0. The fourth-order valence-electron chi connectivity index (χ4n) is 5.32. The number of fused-ring (bicyclic) bond motifs is 4. The first-order valence-electron chi connectivity index (χ1n) is 10.8. The molecule has 1 saturated heterocycles. The minimum atomic E-state index is 0.0648. The maximum Gasteiger partial charge on any atom is 0.180 e. The molecule has 0 unspecified atom stereocenters. The lowest BCUT2D eigenvalue weighted by Gasteiger charge is -2.53. The molecule has 2 aromatic carbocycles. The summed E-state index contributed by atoms with van der Waals surface area (Å²) in [5.74, 6) is 1.54. The Kier molecular flexibility index (Phi) is 4.31. The molecular weight excluding hydrogens is 344 g/mol. The lowest BCUT2D eigenvalue weighted by molar-refractivity contribution is 0.0266. The van der Waals surface area contributed by atoms with Crippen LogP contribution in [0.25, 0.3) is 0 Å². The zero-order valence-electron chi connectivity index (χ0n) is 16.9. The molecular formula is C25H30N2O. The number of nitrogens with one attached hydrogen (secondary N) is 1. The first-order chi connectivity index (χ1) is 13.6. The number of Topliss-reactive ketones (excluding diaryl/α,β-unsaturated/α-hetero) is 1. The number of rotatable bonds is 5. The molecule has 28 heavy (non-hydrogen) atoms. The van der Waals surface area contributed by atoms with Gasteiger partial charge in [0, 0.05) is 24.3 Å². The molecule has 0 spiro atoms. The van der Waals surface area contributed by atoms with Gasteiger partial charge in [-0.1, -0.05) is 44.2 Å². The van der Waals surface area contributed by atoms with Crippen molar-refractivity contribution in [2.75, 3.05) is 18.4 Å². The summed E-state index contributed by atoms with van der Waals surface area (Å²) in [7, 11) is 0. The Morgan fingerprint density at radius 2 is 1.93 bits per heavy atom. The highest BCUT2D eigenvalue weighted by Crippen LogP contribution is 2.49. The van der Waals surface area contributed by atoms with Crippen LogP contribution in [0.4, 0.5) is 5.69 Å². The zero-order valence-corrected chi connectivity index (χ0v) is 16.9. The summed E-state index contributed by atoms with van der Waals surface area (Å²) in [5.41, 5.74) is 4.67. The monoisotopic (exact) mass is 374 g/mol. The van der Waals surface area contributed by atoms with E-state index in [0.717, 1.165) is 43.2 Å². The van der Waals surface area contributed by atoms with Crippen molar-refractivity contribution >= 4 is 11.5 Å². The topological polar surface area (TPSA) is 32.3 Å². The normalized spacial score (nSPS) is 29.4. The summed E-state index contributed by atoms with van der Waals surface area (Å²) in [6.45, 7) is 7.65. The minimum Gasteiger partial charge on any atom is -0.381 e. The van der Waals surface area contributed by atoms with Crippen LogP contribution in [0, 0.1) is 11.8 Å². The first kappa shape index (κ1) is 17.9. The van der Waals surface area contributed by atoms with E-state index in [1.807, 2.05) is 6.07 Å². The molecule has 0 aromatic heterocycles. The van der Waals surface area contributed by atoms with Crippen LogP contribution >= 0.6 is 0 Å². The molecule has 146 valence electrons. The van der Waals surface area contributed by atoms with Gasteiger partial charge >= 0.3 is 0 Å². The third kappa shape index (κ3) is 2.97. The number of benzene rings is 2. The van der Waals surface area contributed by atoms with Crippen molar-refractivity contribution in [3.63, 3.8) is 0 Å². The molecule has 1 heterocycles. The number of carbonyl (C=O) groups is 1. The number of likely N-dealkylation sites (tertiary alicyclic amines) is 1. The molecule has 0 radical (unpaired) electrons. The van der Waals surface area contributed by atoms with E-state index >= 15 is 0 Å². The molecule has 3 heteroatoms. The van der Waals surface area contributed by atoms with Gasteiger partial charge in [0.2, 0.25) is 0 Å². The van der Waals surface area contributed by atoms with Gasteiger partial charge in [0.05, 0.1) is 6.04 Å². The van der Waals surface area contributed by atoms with Gasteiger partial charge in [0.25, 0.3) is 0 Å². The Morgan fingerprint density at radius 3 is 2.68 bits per heavy atom. The number of nitrogens with zero attached hydrogens (tertiary/aromatic N) is 1. The molecule has 1 aliphatic heterocycles. The summed E-state index contributed by atoms with van der Waals surface area (Å²) in [6, 6.07) is 16.9. The van der Waals surface area contributed by atoms with Gasteiger partial charge in [-0.2, -0.15) is 0 Å². The van der Waals surface area contributed by atoms with Crippen LogP contribution in [0.1, 0.15) is 54.6 Å². The number of hydrogen-bond acceptors (Lipinski definition) is 3. The lowest BCUT2D eigenvalue weighted by Crippen LogP contribution is -2.61. The maximum atomic E-state index is 13.4. The molecule has 3 nitrogen and oxygen atoms in total. The van der Waals surface area contributed by atoms with E-state index in [9.17, 15) is 4.79 Å². The van der Waals surface area contributed by atoms with Gasteiger partial charge in [-0.3, -0.25) is 9.69 Å². The lowest BCUT2D eigenvalue weighted by atomic mass is 9.58. The Labute approximate surface area is 168 Å². The third-order valence-corrected chi connectivity index (χ3v) is 7.49. The SMILES string of the molecule is C[C@H]1[C@H]2C(=O)c3ccc(NCc4ccccc4)cc3[C@@]1(C)CCN2CC1CC1. The fourth-order valence-corrected chi connectivity index (χ4v) is 5.32. The standard InChI is InChI=1S/C25H30N2O/c1-17-23-24(28)21-11-10-20(26-15-18-6-4-3-5-7-18)14-22(21)25(17,2)12-13-27(23)16-19-8-9-19/h3-7,10-11,14,17,19,23,26H,8-9,12-13,15-16H2,1-2H3/t17-,23-,25-/m0/s1. The van der Waals surface area contributed by atoms with Crippen LogP contribution < -0.4 is 5.32 Å². The summed E-state index contributed by atoms with van der Waals surface area (Å²) >= 11 is 0. The number of hydrogen-bond donors (Lipinski definition) is 1. The number of ketones is 1. The third-order valence-electron chi connectivity index (χ3n) is 7.49. The van der Waals surface area contributed by atoms with Crippen LogP contribution in [0.2, 0.25) is 0 Å². The number of carbonyl (C=O) groups excluding carboxylic acids is 1. The van der Waals surface area contributed by atoms with Crippen molar-refractivity contribution in [3.05, 3.63) is 65.2 Å². The van der Waals surface area contributed by atoms with Crippen molar-refractivity contribution in [2.45, 2.75) is 51.1 Å². The van der Waals surface area contributed by atoms with Gasteiger partial charge in [0.1, 0.15) is 0 Å². The maximum absolute atomic E-state index is 13.4. The second-order valence-corrected chi connectivity index (χ2v) is 9.30. The highest BCUT2D eigenvalue weighted by Gasteiger charge is 2.52. The molecule has 1 N–H and O–H groups in total. The van der Waals surface area contributed by atoms with Crippen LogP contribution in [-0.2, 0) is 12.0 Å². The van der Waals surface area contributed by atoms with E-state index < -0.39 is 0 Å². The van der Waals surface area contributed by atoms with Crippen molar-refractivity contribution < 1.29 is 4.79 Å². The van der Waals surface area contributed by atoms with Gasteiger partial charge in [-0.05, 0) is 72.4 Å². The predicted octanol–water partition coefficient (Wildman–Crippen LogP) is 4.87. The predicted molar refractivity (Wildman–Crippen MR) is 114 cm³/mol. The molecule has 2 aliphatic carbocycles. The highest BCUT2D eigenvalue weighted by atomic mass is 16.1.